The van der Waals surface area contributed by atoms with Crippen LogP contribution in [0.3, 0.4) is 0 Å². The van der Waals surface area contributed by atoms with Gasteiger partial charge in [0.05, 0.1) is 16.6 Å². The van der Waals surface area contributed by atoms with Gasteiger partial charge in [0.1, 0.15) is 17.2 Å². The molecule has 32 heavy (non-hydrogen) atoms. The summed E-state index contributed by atoms with van der Waals surface area (Å²) in [7, 11) is 0. The molecule has 1 fully saturated rings. The first-order valence-corrected chi connectivity index (χ1v) is 11.4. The first-order chi connectivity index (χ1) is 15.2. The minimum atomic E-state index is -0.432. The SMILES string of the molecule is Cc1ccc(NC(=O)c2sc3ncn(CC(=O)N4CCC(C)CC4)c(=O)c3c2C)cc1F. The summed E-state index contributed by atoms with van der Waals surface area (Å²) in [5.74, 6) is -0.340. The molecule has 1 aliphatic heterocycles. The van der Waals surface area contributed by atoms with Crippen LogP contribution in [-0.4, -0.2) is 39.4 Å². The summed E-state index contributed by atoms with van der Waals surface area (Å²) < 4.78 is 15.1. The lowest BCUT2D eigenvalue weighted by atomic mass is 9.99. The lowest BCUT2D eigenvalue weighted by molar-refractivity contribution is -0.133. The Morgan fingerprint density at radius 1 is 1.25 bits per heavy atom. The third-order valence-corrected chi connectivity index (χ3v) is 7.19. The third kappa shape index (κ3) is 4.29. The number of anilines is 1. The van der Waals surface area contributed by atoms with E-state index in [-0.39, 0.29) is 18.0 Å². The van der Waals surface area contributed by atoms with Crippen molar-refractivity contribution in [3.63, 3.8) is 0 Å². The van der Waals surface area contributed by atoms with Crippen molar-refractivity contribution in [2.24, 2.45) is 5.92 Å². The maximum atomic E-state index is 13.8. The monoisotopic (exact) mass is 456 g/mol. The molecule has 1 saturated heterocycles. The zero-order valence-electron chi connectivity index (χ0n) is 18.3. The lowest BCUT2D eigenvalue weighted by Crippen LogP contribution is -2.41. The van der Waals surface area contributed by atoms with E-state index in [1.165, 1.54) is 17.0 Å². The van der Waals surface area contributed by atoms with Crippen LogP contribution in [0.5, 0.6) is 0 Å². The van der Waals surface area contributed by atoms with Crippen molar-refractivity contribution in [1.29, 1.82) is 0 Å². The van der Waals surface area contributed by atoms with Gasteiger partial charge >= 0.3 is 0 Å². The molecule has 1 aromatic carbocycles. The van der Waals surface area contributed by atoms with Crippen LogP contribution in [0.15, 0.2) is 29.3 Å². The van der Waals surface area contributed by atoms with E-state index >= 15 is 0 Å². The van der Waals surface area contributed by atoms with Crippen LogP contribution in [0.4, 0.5) is 10.1 Å². The number of aryl methyl sites for hydroxylation is 2. The van der Waals surface area contributed by atoms with E-state index in [1.54, 1.807) is 30.9 Å². The van der Waals surface area contributed by atoms with Crippen molar-refractivity contribution in [3.8, 4) is 0 Å². The second-order valence-corrected chi connectivity index (χ2v) is 9.39. The molecule has 0 saturated carbocycles. The number of thiophene rings is 1. The summed E-state index contributed by atoms with van der Waals surface area (Å²) in [4.78, 5) is 45.4. The Labute approximate surface area is 188 Å². The largest absolute Gasteiger partial charge is 0.341 e. The third-order valence-electron chi connectivity index (χ3n) is 6.00. The molecule has 9 heteroatoms. The summed E-state index contributed by atoms with van der Waals surface area (Å²) in [6.07, 6.45) is 3.29. The van der Waals surface area contributed by atoms with E-state index in [0.29, 0.717) is 50.9 Å². The van der Waals surface area contributed by atoms with Crippen molar-refractivity contribution in [2.75, 3.05) is 18.4 Å². The number of carbonyl (C=O) groups excluding carboxylic acids is 2. The van der Waals surface area contributed by atoms with Crippen molar-refractivity contribution in [3.05, 3.63) is 56.7 Å². The number of nitrogens with zero attached hydrogens (tertiary/aromatic N) is 3. The quantitative estimate of drug-likeness (QED) is 0.649. The van der Waals surface area contributed by atoms with E-state index < -0.39 is 11.7 Å². The van der Waals surface area contributed by atoms with Crippen LogP contribution in [0.2, 0.25) is 0 Å². The second kappa shape index (κ2) is 8.82. The number of carbonyl (C=O) groups is 2. The number of likely N-dealkylation sites (tertiary alicyclic amines) is 1. The Balaban J connectivity index is 1.58. The van der Waals surface area contributed by atoms with Crippen molar-refractivity contribution >= 4 is 39.1 Å². The minimum Gasteiger partial charge on any atom is -0.341 e. The summed E-state index contributed by atoms with van der Waals surface area (Å²) in [6, 6.07) is 4.47. The van der Waals surface area contributed by atoms with Gasteiger partial charge in [0.25, 0.3) is 11.5 Å². The van der Waals surface area contributed by atoms with Crippen LogP contribution in [0, 0.1) is 25.6 Å². The van der Waals surface area contributed by atoms with Crippen molar-refractivity contribution in [1.82, 2.24) is 14.5 Å². The minimum absolute atomic E-state index is 0.0738. The molecule has 0 atom stereocenters. The predicted molar refractivity (Wildman–Crippen MR) is 123 cm³/mol. The van der Waals surface area contributed by atoms with Crippen molar-refractivity contribution in [2.45, 2.75) is 40.2 Å². The average molecular weight is 457 g/mol. The van der Waals surface area contributed by atoms with Gasteiger partial charge in [-0.25, -0.2) is 9.37 Å². The average Bonchev–Trinajstić information content (AvgIpc) is 3.10. The molecule has 0 unspecified atom stereocenters. The molecule has 0 aliphatic carbocycles. The number of nitrogens with one attached hydrogen (secondary N) is 1. The standard InChI is InChI=1S/C23H25FN4O3S/c1-13-6-8-27(9-7-13)18(29)11-28-12-25-22-19(23(28)31)15(3)20(32-22)21(30)26-16-5-4-14(2)17(24)10-16/h4-5,10,12-13H,6-9,11H2,1-3H3,(H,26,30). The van der Waals surface area contributed by atoms with Gasteiger partial charge in [0, 0.05) is 18.8 Å². The Morgan fingerprint density at radius 3 is 2.66 bits per heavy atom. The fraction of sp³-hybridized carbons (Fsp3) is 0.391. The molecule has 1 N–H and O–H groups in total. The Morgan fingerprint density at radius 2 is 1.97 bits per heavy atom. The highest BCUT2D eigenvalue weighted by atomic mass is 32.1. The number of rotatable bonds is 4. The summed E-state index contributed by atoms with van der Waals surface area (Å²) >= 11 is 1.10. The number of amides is 2. The smallest absolute Gasteiger partial charge is 0.266 e. The first-order valence-electron chi connectivity index (χ1n) is 10.6. The van der Waals surface area contributed by atoms with E-state index in [1.807, 2.05) is 0 Å². The molecule has 2 amide bonds. The number of aromatic nitrogens is 2. The van der Waals surface area contributed by atoms with E-state index in [9.17, 15) is 18.8 Å². The maximum absolute atomic E-state index is 13.8. The molecule has 0 radical (unpaired) electrons. The Hall–Kier alpha value is -3.07. The lowest BCUT2D eigenvalue weighted by Gasteiger charge is -2.30. The van der Waals surface area contributed by atoms with Gasteiger partial charge < -0.3 is 10.2 Å². The summed E-state index contributed by atoms with van der Waals surface area (Å²) in [5.41, 5.74) is 0.977. The van der Waals surface area contributed by atoms with Gasteiger partial charge in [0.2, 0.25) is 5.91 Å². The van der Waals surface area contributed by atoms with E-state index in [4.69, 9.17) is 0 Å². The number of hydrogen-bond donors (Lipinski definition) is 1. The molecular weight excluding hydrogens is 431 g/mol. The molecule has 1 aliphatic rings. The predicted octanol–water partition coefficient (Wildman–Crippen LogP) is 3.72. The van der Waals surface area contributed by atoms with Gasteiger partial charge in [-0.05, 0) is 55.9 Å². The zero-order valence-corrected chi connectivity index (χ0v) is 19.1. The number of benzene rings is 1. The Kier molecular flexibility index (Phi) is 6.10. The van der Waals surface area contributed by atoms with Gasteiger partial charge in [-0.3, -0.25) is 19.0 Å². The Bertz CT molecular complexity index is 1260. The molecule has 3 heterocycles. The van der Waals surface area contributed by atoms with E-state index in [0.717, 1.165) is 24.2 Å². The first kappa shape index (κ1) is 22.1. The highest BCUT2D eigenvalue weighted by Crippen LogP contribution is 2.28. The normalized spacial score (nSPS) is 14.7. The molecule has 0 bridgehead atoms. The molecule has 0 spiro atoms. The van der Waals surface area contributed by atoms with Crippen LogP contribution >= 0.6 is 11.3 Å². The fourth-order valence-electron chi connectivity index (χ4n) is 3.85. The molecule has 3 aromatic rings. The van der Waals surface area contributed by atoms with Gasteiger partial charge in [-0.15, -0.1) is 11.3 Å². The number of piperidine rings is 1. The van der Waals surface area contributed by atoms with Crippen LogP contribution in [0.1, 0.15) is 40.6 Å². The maximum Gasteiger partial charge on any atom is 0.266 e. The van der Waals surface area contributed by atoms with Crippen molar-refractivity contribution < 1.29 is 14.0 Å². The molecular formula is C23H25FN4O3S. The van der Waals surface area contributed by atoms with Gasteiger partial charge in [0.15, 0.2) is 0 Å². The molecule has 4 rings (SSSR count). The summed E-state index contributed by atoms with van der Waals surface area (Å²) in [6.45, 7) is 6.83. The molecule has 7 nitrogen and oxygen atoms in total. The van der Waals surface area contributed by atoms with Crippen LogP contribution in [-0.2, 0) is 11.3 Å². The number of fused-ring (bicyclic) bond motifs is 1. The van der Waals surface area contributed by atoms with Gasteiger partial charge in [-0.2, -0.15) is 0 Å². The topological polar surface area (TPSA) is 84.3 Å². The zero-order chi connectivity index (χ0) is 23.0. The van der Waals surface area contributed by atoms with E-state index in [2.05, 4.69) is 17.2 Å². The fourth-order valence-corrected chi connectivity index (χ4v) is 4.89. The highest BCUT2D eigenvalue weighted by Gasteiger charge is 2.23. The van der Waals surface area contributed by atoms with Crippen LogP contribution in [0.25, 0.3) is 10.2 Å². The number of halogens is 1. The highest BCUT2D eigenvalue weighted by molar-refractivity contribution is 7.20. The second-order valence-electron chi connectivity index (χ2n) is 8.40. The van der Waals surface area contributed by atoms with Gasteiger partial charge in [-0.1, -0.05) is 13.0 Å². The molecule has 2 aromatic heterocycles. The molecule has 168 valence electrons. The van der Waals surface area contributed by atoms with Crippen LogP contribution < -0.4 is 10.9 Å². The number of hydrogen-bond acceptors (Lipinski definition) is 5. The summed E-state index contributed by atoms with van der Waals surface area (Å²) in [5, 5.41) is 3.01.